The van der Waals surface area contributed by atoms with Crippen molar-refractivity contribution < 1.29 is 14.3 Å². The fourth-order valence-corrected chi connectivity index (χ4v) is 3.30. The number of piperazine rings is 1. The molecule has 1 fully saturated rings. The number of alkyl carbamates (subject to hydrolysis) is 1. The molecule has 2 aromatic rings. The third-order valence-electron chi connectivity index (χ3n) is 4.70. The molecule has 0 aliphatic carbocycles. The lowest BCUT2D eigenvalue weighted by Crippen LogP contribution is -2.56. The van der Waals surface area contributed by atoms with Crippen LogP contribution in [0.1, 0.15) is 26.3 Å². The minimum absolute atomic E-state index is 0.113. The normalized spacial score (nSPS) is 15.4. The Hall–Kier alpha value is -3.16. The van der Waals surface area contributed by atoms with Crippen molar-refractivity contribution in [2.24, 2.45) is 0 Å². The first kappa shape index (κ1) is 21.5. The van der Waals surface area contributed by atoms with Crippen molar-refractivity contribution in [1.29, 1.82) is 0 Å². The molecule has 0 spiro atoms. The lowest BCUT2D eigenvalue weighted by molar-refractivity contribution is -0.133. The van der Waals surface area contributed by atoms with Gasteiger partial charge in [0, 0.05) is 45.0 Å². The van der Waals surface area contributed by atoms with Gasteiger partial charge in [-0.25, -0.2) is 14.8 Å². The summed E-state index contributed by atoms with van der Waals surface area (Å²) in [5, 5.41) is 2.77. The summed E-state index contributed by atoms with van der Waals surface area (Å²) in [5.74, 6) is 0.552. The summed E-state index contributed by atoms with van der Waals surface area (Å²) in [4.78, 5) is 38.0. The number of rotatable bonds is 5. The maximum atomic E-state index is 13.3. The van der Waals surface area contributed by atoms with E-state index in [0.717, 1.165) is 5.56 Å². The van der Waals surface area contributed by atoms with Crippen molar-refractivity contribution in [2.75, 3.05) is 31.1 Å². The number of carbonyl (C=O) groups excluding carboxylic acids is 2. The van der Waals surface area contributed by atoms with Crippen LogP contribution in [0.4, 0.5) is 10.7 Å². The van der Waals surface area contributed by atoms with Crippen molar-refractivity contribution in [3.63, 3.8) is 0 Å². The summed E-state index contributed by atoms with van der Waals surface area (Å²) in [7, 11) is 0. The Kier molecular flexibility index (Phi) is 6.87. The van der Waals surface area contributed by atoms with Crippen LogP contribution in [0, 0.1) is 0 Å². The molecule has 160 valence electrons. The highest BCUT2D eigenvalue weighted by atomic mass is 16.6. The highest BCUT2D eigenvalue weighted by molar-refractivity contribution is 5.86. The largest absolute Gasteiger partial charge is 0.444 e. The number of benzene rings is 1. The summed E-state index contributed by atoms with van der Waals surface area (Å²) < 4.78 is 5.37. The SMILES string of the molecule is CC(C)(C)OC(=O)N[C@H](Cc1ccccc1)C(=O)N1CCN(c2ncccn2)CC1. The summed E-state index contributed by atoms with van der Waals surface area (Å²) >= 11 is 0. The van der Waals surface area contributed by atoms with Gasteiger partial charge < -0.3 is 19.9 Å². The molecule has 0 unspecified atom stereocenters. The molecule has 8 heteroatoms. The number of hydrogen-bond donors (Lipinski definition) is 1. The molecule has 1 atom stereocenters. The molecule has 0 radical (unpaired) electrons. The average Bonchev–Trinajstić information content (AvgIpc) is 2.73. The maximum Gasteiger partial charge on any atom is 0.408 e. The van der Waals surface area contributed by atoms with Gasteiger partial charge in [0.05, 0.1) is 0 Å². The minimum Gasteiger partial charge on any atom is -0.444 e. The van der Waals surface area contributed by atoms with Gasteiger partial charge in [0.1, 0.15) is 11.6 Å². The predicted molar refractivity (Wildman–Crippen MR) is 114 cm³/mol. The lowest BCUT2D eigenvalue weighted by atomic mass is 10.0. The van der Waals surface area contributed by atoms with E-state index < -0.39 is 17.7 Å². The highest BCUT2D eigenvalue weighted by Crippen LogP contribution is 2.13. The molecule has 30 heavy (non-hydrogen) atoms. The Bertz CT molecular complexity index is 831. The van der Waals surface area contributed by atoms with Crippen LogP contribution in [0.15, 0.2) is 48.8 Å². The fourth-order valence-electron chi connectivity index (χ4n) is 3.30. The van der Waals surface area contributed by atoms with E-state index >= 15 is 0 Å². The molecule has 1 aromatic heterocycles. The van der Waals surface area contributed by atoms with Crippen LogP contribution in [0.3, 0.4) is 0 Å². The first-order valence-corrected chi connectivity index (χ1v) is 10.2. The molecule has 1 aliphatic heterocycles. The number of amides is 2. The first-order chi connectivity index (χ1) is 14.3. The second-order valence-electron chi connectivity index (χ2n) is 8.25. The first-order valence-electron chi connectivity index (χ1n) is 10.2. The molecule has 3 rings (SSSR count). The van der Waals surface area contributed by atoms with Crippen LogP contribution in [0.2, 0.25) is 0 Å². The zero-order valence-electron chi connectivity index (χ0n) is 17.7. The molecule has 1 N–H and O–H groups in total. The second-order valence-corrected chi connectivity index (χ2v) is 8.25. The van der Waals surface area contributed by atoms with E-state index in [1.54, 1.807) is 44.1 Å². The smallest absolute Gasteiger partial charge is 0.408 e. The Balaban J connectivity index is 1.66. The number of anilines is 1. The van der Waals surface area contributed by atoms with E-state index in [1.807, 2.05) is 30.3 Å². The van der Waals surface area contributed by atoms with Gasteiger partial charge in [0.15, 0.2) is 0 Å². The number of nitrogens with zero attached hydrogens (tertiary/aromatic N) is 4. The minimum atomic E-state index is -0.693. The zero-order chi connectivity index (χ0) is 21.6. The molecule has 2 amide bonds. The number of aromatic nitrogens is 2. The molecule has 2 heterocycles. The van der Waals surface area contributed by atoms with Crippen molar-refractivity contribution in [3.05, 3.63) is 54.4 Å². The average molecular weight is 412 g/mol. The predicted octanol–water partition coefficient (Wildman–Crippen LogP) is 2.26. The molecule has 8 nitrogen and oxygen atoms in total. The third kappa shape index (κ3) is 6.17. The number of carbonyl (C=O) groups is 2. The zero-order valence-corrected chi connectivity index (χ0v) is 17.7. The molecule has 0 saturated carbocycles. The van der Waals surface area contributed by atoms with Crippen molar-refractivity contribution in [3.8, 4) is 0 Å². The fraction of sp³-hybridized carbons (Fsp3) is 0.455. The van der Waals surface area contributed by atoms with E-state index in [0.29, 0.717) is 38.5 Å². The van der Waals surface area contributed by atoms with Gasteiger partial charge in [-0.2, -0.15) is 0 Å². The molecule has 1 aliphatic rings. The van der Waals surface area contributed by atoms with Gasteiger partial charge in [-0.1, -0.05) is 30.3 Å². The molecule has 1 saturated heterocycles. The Morgan fingerprint density at radius 1 is 1.03 bits per heavy atom. The third-order valence-corrected chi connectivity index (χ3v) is 4.70. The van der Waals surface area contributed by atoms with Crippen molar-refractivity contribution in [2.45, 2.75) is 38.8 Å². The Labute approximate surface area is 177 Å². The summed E-state index contributed by atoms with van der Waals surface area (Å²) in [6, 6.07) is 10.7. The van der Waals surface area contributed by atoms with E-state index in [-0.39, 0.29) is 5.91 Å². The maximum absolute atomic E-state index is 13.3. The number of hydrogen-bond acceptors (Lipinski definition) is 6. The van der Waals surface area contributed by atoms with E-state index in [2.05, 4.69) is 20.2 Å². The number of nitrogens with one attached hydrogen (secondary N) is 1. The summed E-state index contributed by atoms with van der Waals surface area (Å²) in [6.07, 6.45) is 3.23. The molecule has 1 aromatic carbocycles. The monoisotopic (exact) mass is 411 g/mol. The standard InChI is InChI=1S/C22H29N5O3/c1-22(2,3)30-21(29)25-18(16-17-8-5-4-6-9-17)19(28)26-12-14-27(15-13-26)20-23-10-7-11-24-20/h4-11,18H,12-16H2,1-3H3,(H,25,29)/t18-/m1/s1. The van der Waals surface area contributed by atoms with E-state index in [9.17, 15) is 9.59 Å². The summed E-state index contributed by atoms with van der Waals surface area (Å²) in [5.41, 5.74) is 0.342. The highest BCUT2D eigenvalue weighted by Gasteiger charge is 2.30. The van der Waals surface area contributed by atoms with Gasteiger partial charge in [-0.3, -0.25) is 4.79 Å². The van der Waals surface area contributed by atoms with Crippen molar-refractivity contribution in [1.82, 2.24) is 20.2 Å². The van der Waals surface area contributed by atoms with Gasteiger partial charge in [-0.05, 0) is 32.4 Å². The molecular weight excluding hydrogens is 382 g/mol. The Morgan fingerprint density at radius 2 is 1.67 bits per heavy atom. The topological polar surface area (TPSA) is 87.7 Å². The van der Waals surface area contributed by atoms with Crippen LogP contribution in [0.5, 0.6) is 0 Å². The number of ether oxygens (including phenoxy) is 1. The van der Waals surface area contributed by atoms with Gasteiger partial charge in [-0.15, -0.1) is 0 Å². The van der Waals surface area contributed by atoms with Gasteiger partial charge >= 0.3 is 6.09 Å². The second kappa shape index (κ2) is 9.56. The van der Waals surface area contributed by atoms with Crippen LogP contribution in [-0.4, -0.2) is 64.7 Å². The van der Waals surface area contributed by atoms with E-state index in [1.165, 1.54) is 0 Å². The van der Waals surface area contributed by atoms with Crippen LogP contribution >= 0.6 is 0 Å². The van der Waals surface area contributed by atoms with E-state index in [4.69, 9.17) is 4.74 Å². The molecular formula is C22H29N5O3. The van der Waals surface area contributed by atoms with Crippen LogP contribution in [-0.2, 0) is 16.0 Å². The lowest BCUT2D eigenvalue weighted by Gasteiger charge is -2.36. The Morgan fingerprint density at radius 3 is 2.27 bits per heavy atom. The van der Waals surface area contributed by atoms with Gasteiger partial charge in [0.2, 0.25) is 11.9 Å². The molecule has 0 bridgehead atoms. The van der Waals surface area contributed by atoms with Gasteiger partial charge in [0.25, 0.3) is 0 Å². The quantitative estimate of drug-likeness (QED) is 0.812. The van der Waals surface area contributed by atoms with Crippen LogP contribution in [0.25, 0.3) is 0 Å². The van der Waals surface area contributed by atoms with Crippen molar-refractivity contribution >= 4 is 17.9 Å². The summed E-state index contributed by atoms with van der Waals surface area (Å²) in [6.45, 7) is 7.75. The van der Waals surface area contributed by atoms with Crippen LogP contribution < -0.4 is 10.2 Å².